The molecule has 0 aliphatic carbocycles. The second-order valence-electron chi connectivity index (χ2n) is 8.47. The molecule has 0 fully saturated rings. The van der Waals surface area contributed by atoms with Crippen molar-refractivity contribution in [1.29, 1.82) is 0 Å². The molecule has 1 aromatic heterocycles. The Balaban J connectivity index is 2.84. The number of ether oxygens (including phenoxy) is 1. The molecule has 1 rings (SSSR count). The first-order valence-electron chi connectivity index (χ1n) is 9.45. The van der Waals surface area contributed by atoms with Crippen molar-refractivity contribution in [3.63, 3.8) is 0 Å². The van der Waals surface area contributed by atoms with Crippen molar-refractivity contribution in [1.82, 2.24) is 0 Å². The topological polar surface area (TPSA) is 78.9 Å². The number of carbonyl (C=O) groups is 1. The zero-order valence-electron chi connectivity index (χ0n) is 18.2. The average molecular weight is 451 g/mol. The predicted molar refractivity (Wildman–Crippen MR) is 116 cm³/mol. The molecule has 0 bridgehead atoms. The third-order valence-electron chi connectivity index (χ3n) is 4.94. The molecular weight excluding hydrogens is 416 g/mol. The molecule has 9 heteroatoms. The van der Waals surface area contributed by atoms with E-state index in [2.05, 4.69) is 33.9 Å². The standard InChI is InChI=1S/C19H34O6S2Si/c1-9-23-18(20)17-12-14(2)16(26-17)11-10-15(25-27(6,21)22)13-24-28(7,8)19(3,4)5/h12,15H,9-11,13H2,1-8H3. The summed E-state index contributed by atoms with van der Waals surface area (Å²) in [4.78, 5) is 13.5. The number of hydrogen-bond donors (Lipinski definition) is 0. The van der Waals surface area contributed by atoms with Crippen LogP contribution in [0.4, 0.5) is 0 Å². The fourth-order valence-corrected chi connectivity index (χ4v) is 5.05. The monoisotopic (exact) mass is 450 g/mol. The van der Waals surface area contributed by atoms with Crippen LogP contribution in [0.25, 0.3) is 0 Å². The van der Waals surface area contributed by atoms with E-state index in [9.17, 15) is 13.2 Å². The van der Waals surface area contributed by atoms with E-state index in [1.165, 1.54) is 11.3 Å². The van der Waals surface area contributed by atoms with E-state index in [4.69, 9.17) is 13.3 Å². The highest BCUT2D eigenvalue weighted by Crippen LogP contribution is 2.37. The second-order valence-corrected chi connectivity index (χ2v) is 16.0. The lowest BCUT2D eigenvalue weighted by Crippen LogP contribution is -2.43. The van der Waals surface area contributed by atoms with E-state index < -0.39 is 24.5 Å². The largest absolute Gasteiger partial charge is 0.462 e. The van der Waals surface area contributed by atoms with Crippen LogP contribution >= 0.6 is 11.3 Å². The third-order valence-corrected chi connectivity index (χ3v) is 11.3. The Hall–Kier alpha value is -0.743. The lowest BCUT2D eigenvalue weighted by molar-refractivity contribution is 0.0532. The Morgan fingerprint density at radius 2 is 1.89 bits per heavy atom. The highest BCUT2D eigenvalue weighted by Gasteiger charge is 2.38. The summed E-state index contributed by atoms with van der Waals surface area (Å²) in [5, 5.41) is 0.0293. The number of rotatable bonds is 10. The lowest BCUT2D eigenvalue weighted by atomic mass is 10.1. The Labute approximate surface area is 174 Å². The van der Waals surface area contributed by atoms with Gasteiger partial charge in [-0.2, -0.15) is 8.42 Å². The Morgan fingerprint density at radius 1 is 1.29 bits per heavy atom. The molecule has 1 atom stereocenters. The van der Waals surface area contributed by atoms with Crippen molar-refractivity contribution >= 4 is 35.7 Å². The summed E-state index contributed by atoms with van der Waals surface area (Å²) in [6.07, 6.45) is 1.60. The van der Waals surface area contributed by atoms with E-state index in [0.717, 1.165) is 16.7 Å². The normalized spacial score (nSPS) is 14.1. The molecule has 0 saturated heterocycles. The summed E-state index contributed by atoms with van der Waals surface area (Å²) in [5.41, 5.74) is 0.997. The molecule has 1 unspecified atom stereocenters. The number of aryl methyl sites for hydroxylation is 2. The summed E-state index contributed by atoms with van der Waals surface area (Å²) >= 11 is 1.38. The maximum absolute atomic E-state index is 11.9. The Bertz CT molecular complexity index is 762. The minimum absolute atomic E-state index is 0.0293. The van der Waals surface area contributed by atoms with Crippen molar-refractivity contribution in [2.75, 3.05) is 19.5 Å². The van der Waals surface area contributed by atoms with Gasteiger partial charge in [0.15, 0.2) is 8.32 Å². The molecular formula is C19H34O6S2Si. The molecule has 0 amide bonds. The van der Waals surface area contributed by atoms with Gasteiger partial charge in [-0.1, -0.05) is 20.8 Å². The molecule has 28 heavy (non-hydrogen) atoms. The summed E-state index contributed by atoms with van der Waals surface area (Å²) < 4.78 is 39.9. The highest BCUT2D eigenvalue weighted by molar-refractivity contribution is 7.86. The SMILES string of the molecule is CCOC(=O)c1cc(C)c(CCC(CO[Si](C)(C)C(C)(C)C)OS(C)(=O)=O)s1. The smallest absolute Gasteiger partial charge is 0.348 e. The molecule has 1 aromatic rings. The molecule has 0 aliphatic heterocycles. The summed E-state index contributed by atoms with van der Waals surface area (Å²) in [6.45, 7) is 14.9. The fourth-order valence-electron chi connectivity index (χ4n) is 2.29. The van der Waals surface area contributed by atoms with E-state index in [0.29, 0.717) is 24.3 Å². The number of hydrogen-bond acceptors (Lipinski definition) is 7. The lowest BCUT2D eigenvalue weighted by Gasteiger charge is -2.37. The van der Waals surface area contributed by atoms with Crippen LogP contribution in [0.15, 0.2) is 6.07 Å². The maximum atomic E-state index is 11.9. The van der Waals surface area contributed by atoms with Gasteiger partial charge in [-0.3, -0.25) is 4.18 Å². The quantitative estimate of drug-likeness (QED) is 0.296. The zero-order chi connectivity index (χ0) is 21.8. The van der Waals surface area contributed by atoms with E-state index in [1.807, 2.05) is 13.0 Å². The van der Waals surface area contributed by atoms with Crippen molar-refractivity contribution in [3.8, 4) is 0 Å². The van der Waals surface area contributed by atoms with Crippen LogP contribution in [0.1, 0.15) is 54.2 Å². The first-order valence-corrected chi connectivity index (χ1v) is 15.0. The van der Waals surface area contributed by atoms with Crippen LogP contribution in [-0.2, 0) is 29.9 Å². The van der Waals surface area contributed by atoms with Crippen molar-refractivity contribution in [3.05, 3.63) is 21.4 Å². The van der Waals surface area contributed by atoms with E-state index >= 15 is 0 Å². The molecule has 1 heterocycles. The van der Waals surface area contributed by atoms with Gasteiger partial charge < -0.3 is 9.16 Å². The summed E-state index contributed by atoms with van der Waals surface area (Å²) in [6, 6.07) is 1.82. The first-order chi connectivity index (χ1) is 12.7. The van der Waals surface area contributed by atoms with Crippen molar-refractivity contribution in [2.24, 2.45) is 0 Å². The number of carbonyl (C=O) groups excluding carboxylic acids is 1. The molecule has 0 aromatic carbocycles. The van der Waals surface area contributed by atoms with Crippen molar-refractivity contribution < 1.29 is 26.6 Å². The van der Waals surface area contributed by atoms with Gasteiger partial charge in [0.1, 0.15) is 4.88 Å². The van der Waals surface area contributed by atoms with Gasteiger partial charge in [0.05, 0.1) is 25.6 Å². The summed E-state index contributed by atoms with van der Waals surface area (Å²) in [5.74, 6) is -0.327. The molecule has 0 N–H and O–H groups in total. The predicted octanol–water partition coefficient (Wildman–Crippen LogP) is 4.53. The molecule has 0 spiro atoms. The van der Waals surface area contributed by atoms with E-state index in [1.54, 1.807) is 6.92 Å². The van der Waals surface area contributed by atoms with Gasteiger partial charge in [-0.05, 0) is 56.5 Å². The van der Waals surface area contributed by atoms with Gasteiger partial charge in [0.25, 0.3) is 10.1 Å². The minimum atomic E-state index is -3.59. The molecule has 0 aliphatic rings. The van der Waals surface area contributed by atoms with Crippen LogP contribution in [0, 0.1) is 6.92 Å². The highest BCUT2D eigenvalue weighted by atomic mass is 32.2. The zero-order valence-corrected chi connectivity index (χ0v) is 20.9. The van der Waals surface area contributed by atoms with Gasteiger partial charge in [0, 0.05) is 4.88 Å². The average Bonchev–Trinajstić information content (AvgIpc) is 2.89. The number of esters is 1. The molecule has 6 nitrogen and oxygen atoms in total. The van der Waals surface area contributed by atoms with Crippen LogP contribution in [-0.4, -0.2) is 48.3 Å². The summed E-state index contributed by atoms with van der Waals surface area (Å²) in [7, 11) is -5.61. The fraction of sp³-hybridized carbons (Fsp3) is 0.737. The minimum Gasteiger partial charge on any atom is -0.462 e. The van der Waals surface area contributed by atoms with Crippen LogP contribution < -0.4 is 0 Å². The van der Waals surface area contributed by atoms with Gasteiger partial charge in [0.2, 0.25) is 0 Å². The van der Waals surface area contributed by atoms with Crippen LogP contribution in [0.5, 0.6) is 0 Å². The molecule has 162 valence electrons. The van der Waals surface area contributed by atoms with Gasteiger partial charge in [-0.15, -0.1) is 11.3 Å². The second kappa shape index (κ2) is 9.84. The van der Waals surface area contributed by atoms with Crippen LogP contribution in [0.2, 0.25) is 18.1 Å². The van der Waals surface area contributed by atoms with Gasteiger partial charge >= 0.3 is 5.97 Å². The molecule has 0 radical (unpaired) electrons. The van der Waals surface area contributed by atoms with Crippen LogP contribution in [0.3, 0.4) is 0 Å². The van der Waals surface area contributed by atoms with Gasteiger partial charge in [-0.25, -0.2) is 4.79 Å². The Morgan fingerprint density at radius 3 is 2.39 bits per heavy atom. The van der Waals surface area contributed by atoms with E-state index in [-0.39, 0.29) is 17.6 Å². The molecule has 0 saturated carbocycles. The number of thiophene rings is 1. The maximum Gasteiger partial charge on any atom is 0.348 e. The third kappa shape index (κ3) is 7.94. The Kier molecular flexibility index (Phi) is 8.89. The van der Waals surface area contributed by atoms with Crippen molar-refractivity contribution in [2.45, 2.75) is 71.7 Å². The first kappa shape index (κ1) is 25.3.